The van der Waals surface area contributed by atoms with E-state index >= 15 is 0 Å². The van der Waals surface area contributed by atoms with E-state index in [0.717, 1.165) is 9.48 Å². The number of amides is 1. The zero-order valence-corrected chi connectivity index (χ0v) is 11.0. The summed E-state index contributed by atoms with van der Waals surface area (Å²) in [7, 11) is 0. The summed E-state index contributed by atoms with van der Waals surface area (Å²) >= 11 is 4.77. The molecular formula is C9H13BrN2OS. The van der Waals surface area contributed by atoms with Gasteiger partial charge in [-0.2, -0.15) is 0 Å². The summed E-state index contributed by atoms with van der Waals surface area (Å²) in [6, 6.07) is 0. The first-order valence-electron chi connectivity index (χ1n) is 4.25. The highest BCUT2D eigenvalue weighted by molar-refractivity contribution is 9.10. The molecule has 0 aliphatic carbocycles. The Bertz CT molecular complexity index is 335. The van der Waals surface area contributed by atoms with Crippen LogP contribution in [-0.4, -0.2) is 10.9 Å². The van der Waals surface area contributed by atoms with Gasteiger partial charge in [0.25, 0.3) is 0 Å². The molecule has 5 heteroatoms. The van der Waals surface area contributed by atoms with E-state index in [9.17, 15) is 4.79 Å². The number of aromatic nitrogens is 1. The van der Waals surface area contributed by atoms with Crippen molar-refractivity contribution in [2.24, 2.45) is 5.41 Å². The van der Waals surface area contributed by atoms with Crippen LogP contribution in [0.3, 0.4) is 0 Å². The molecule has 0 saturated heterocycles. The molecule has 0 aliphatic heterocycles. The van der Waals surface area contributed by atoms with Crippen molar-refractivity contribution in [1.29, 1.82) is 0 Å². The van der Waals surface area contributed by atoms with Crippen LogP contribution in [0.1, 0.15) is 25.6 Å². The number of anilines is 1. The minimum Gasteiger partial charge on any atom is -0.301 e. The number of hydrogen-bond acceptors (Lipinski definition) is 3. The van der Waals surface area contributed by atoms with Gasteiger partial charge in [0.05, 0.1) is 0 Å². The highest BCUT2D eigenvalue weighted by atomic mass is 79.9. The SMILES string of the molecule is Cc1sc(NC(=O)C(C)(C)C)nc1Br. The van der Waals surface area contributed by atoms with Gasteiger partial charge in [-0.3, -0.25) is 4.79 Å². The van der Waals surface area contributed by atoms with E-state index in [1.807, 2.05) is 27.7 Å². The second-order valence-corrected chi connectivity index (χ2v) is 6.02. The first-order valence-corrected chi connectivity index (χ1v) is 5.86. The van der Waals surface area contributed by atoms with Crippen molar-refractivity contribution in [3.8, 4) is 0 Å². The number of nitrogens with one attached hydrogen (secondary N) is 1. The highest BCUT2D eigenvalue weighted by Gasteiger charge is 2.22. The molecule has 0 bridgehead atoms. The number of aryl methyl sites for hydroxylation is 1. The molecule has 0 saturated carbocycles. The zero-order chi connectivity index (χ0) is 10.9. The summed E-state index contributed by atoms with van der Waals surface area (Å²) in [5.74, 6) is -0.0150. The molecule has 1 aromatic heterocycles. The summed E-state index contributed by atoms with van der Waals surface area (Å²) in [6.45, 7) is 7.57. The van der Waals surface area contributed by atoms with E-state index in [2.05, 4.69) is 26.2 Å². The Kier molecular flexibility index (Phi) is 3.32. The second kappa shape index (κ2) is 3.98. The fourth-order valence-electron chi connectivity index (χ4n) is 0.716. The molecule has 1 N–H and O–H groups in total. The lowest BCUT2D eigenvalue weighted by Crippen LogP contribution is -2.27. The molecule has 0 fully saturated rings. The number of thiazole rings is 1. The van der Waals surface area contributed by atoms with Gasteiger partial charge in [0.15, 0.2) is 5.13 Å². The van der Waals surface area contributed by atoms with Crippen LogP contribution in [0.15, 0.2) is 4.60 Å². The van der Waals surface area contributed by atoms with Gasteiger partial charge in [-0.05, 0) is 22.9 Å². The van der Waals surface area contributed by atoms with E-state index in [-0.39, 0.29) is 11.3 Å². The number of rotatable bonds is 1. The average molecular weight is 277 g/mol. The predicted octanol–water partition coefficient (Wildman–Crippen LogP) is 3.20. The summed E-state index contributed by atoms with van der Waals surface area (Å²) in [4.78, 5) is 16.8. The number of nitrogens with zero attached hydrogens (tertiary/aromatic N) is 1. The predicted molar refractivity (Wildman–Crippen MR) is 62.6 cm³/mol. The molecule has 0 unspecified atom stereocenters. The highest BCUT2D eigenvalue weighted by Crippen LogP contribution is 2.27. The molecule has 1 heterocycles. The molecule has 1 amide bonds. The zero-order valence-electron chi connectivity index (χ0n) is 8.64. The average Bonchev–Trinajstić information content (AvgIpc) is 2.29. The topological polar surface area (TPSA) is 42.0 Å². The Balaban J connectivity index is 2.75. The van der Waals surface area contributed by atoms with E-state index in [4.69, 9.17) is 0 Å². The molecular weight excluding hydrogens is 264 g/mol. The van der Waals surface area contributed by atoms with Crippen molar-refractivity contribution in [3.05, 3.63) is 9.48 Å². The first-order chi connectivity index (χ1) is 6.30. The molecule has 0 aromatic carbocycles. The molecule has 0 aliphatic rings. The maximum absolute atomic E-state index is 11.6. The molecule has 1 aromatic rings. The Labute approximate surface area is 96.1 Å². The van der Waals surface area contributed by atoms with Gasteiger partial charge < -0.3 is 5.32 Å². The Morgan fingerprint density at radius 1 is 1.50 bits per heavy atom. The van der Waals surface area contributed by atoms with Crippen LogP contribution in [0.25, 0.3) is 0 Å². The molecule has 0 spiro atoms. The standard InChI is InChI=1S/C9H13BrN2OS/c1-5-6(10)11-8(14-5)12-7(13)9(2,3)4/h1-4H3,(H,11,12,13). The third-order valence-electron chi connectivity index (χ3n) is 1.64. The van der Waals surface area contributed by atoms with Crippen LogP contribution < -0.4 is 5.32 Å². The van der Waals surface area contributed by atoms with Crippen molar-refractivity contribution in [3.63, 3.8) is 0 Å². The minimum atomic E-state index is -0.383. The third kappa shape index (κ3) is 2.78. The Morgan fingerprint density at radius 3 is 2.43 bits per heavy atom. The quantitative estimate of drug-likeness (QED) is 0.856. The second-order valence-electron chi connectivity index (χ2n) is 4.07. The molecule has 0 radical (unpaired) electrons. The van der Waals surface area contributed by atoms with Gasteiger partial charge in [-0.25, -0.2) is 4.98 Å². The minimum absolute atomic E-state index is 0.0150. The van der Waals surface area contributed by atoms with E-state index in [1.165, 1.54) is 11.3 Å². The summed E-state index contributed by atoms with van der Waals surface area (Å²) < 4.78 is 0.798. The lowest BCUT2D eigenvalue weighted by Gasteiger charge is -2.15. The van der Waals surface area contributed by atoms with Crippen molar-refractivity contribution < 1.29 is 4.79 Å². The van der Waals surface area contributed by atoms with Crippen molar-refractivity contribution in [1.82, 2.24) is 4.98 Å². The Hall–Kier alpha value is -0.420. The smallest absolute Gasteiger partial charge is 0.231 e. The molecule has 0 atom stereocenters. The largest absolute Gasteiger partial charge is 0.301 e. The lowest BCUT2D eigenvalue weighted by atomic mass is 9.96. The maximum atomic E-state index is 11.6. The van der Waals surface area contributed by atoms with Crippen molar-refractivity contribution in [2.75, 3.05) is 5.32 Å². The van der Waals surface area contributed by atoms with Gasteiger partial charge in [0.1, 0.15) is 4.60 Å². The normalized spacial score (nSPS) is 11.5. The Morgan fingerprint density at radius 2 is 2.07 bits per heavy atom. The fourth-order valence-corrected chi connectivity index (χ4v) is 1.95. The van der Waals surface area contributed by atoms with Crippen LogP contribution in [0.5, 0.6) is 0 Å². The summed E-state index contributed by atoms with van der Waals surface area (Å²) in [5.41, 5.74) is -0.383. The van der Waals surface area contributed by atoms with Gasteiger partial charge >= 0.3 is 0 Å². The van der Waals surface area contributed by atoms with E-state index in [1.54, 1.807) is 0 Å². The summed E-state index contributed by atoms with van der Waals surface area (Å²) in [5, 5.41) is 3.43. The monoisotopic (exact) mass is 276 g/mol. The van der Waals surface area contributed by atoms with Crippen molar-refractivity contribution >= 4 is 38.3 Å². The third-order valence-corrected chi connectivity index (χ3v) is 3.56. The van der Waals surface area contributed by atoms with Crippen LogP contribution in [0.2, 0.25) is 0 Å². The van der Waals surface area contributed by atoms with Crippen molar-refractivity contribution in [2.45, 2.75) is 27.7 Å². The fraction of sp³-hybridized carbons (Fsp3) is 0.556. The van der Waals surface area contributed by atoms with Crippen LogP contribution in [0.4, 0.5) is 5.13 Å². The van der Waals surface area contributed by atoms with Crippen LogP contribution >= 0.6 is 27.3 Å². The molecule has 1 rings (SSSR count). The summed E-state index contributed by atoms with van der Waals surface area (Å²) in [6.07, 6.45) is 0. The lowest BCUT2D eigenvalue weighted by molar-refractivity contribution is -0.123. The molecule has 14 heavy (non-hydrogen) atoms. The van der Waals surface area contributed by atoms with Gasteiger partial charge in [-0.15, -0.1) is 11.3 Å². The number of hydrogen-bond donors (Lipinski definition) is 1. The first kappa shape index (κ1) is 11.7. The van der Waals surface area contributed by atoms with E-state index in [0.29, 0.717) is 5.13 Å². The van der Waals surface area contributed by atoms with E-state index < -0.39 is 0 Å². The number of carbonyl (C=O) groups excluding carboxylic acids is 1. The van der Waals surface area contributed by atoms with Gasteiger partial charge in [-0.1, -0.05) is 20.8 Å². The number of carbonyl (C=O) groups is 1. The molecule has 3 nitrogen and oxygen atoms in total. The van der Waals surface area contributed by atoms with Gasteiger partial charge in [0.2, 0.25) is 5.91 Å². The van der Waals surface area contributed by atoms with Gasteiger partial charge in [0, 0.05) is 10.3 Å². The molecule has 78 valence electrons. The maximum Gasteiger partial charge on any atom is 0.231 e. The van der Waals surface area contributed by atoms with Crippen LogP contribution in [0, 0.1) is 12.3 Å². The number of halogens is 1. The van der Waals surface area contributed by atoms with Crippen LogP contribution in [-0.2, 0) is 4.79 Å².